The summed E-state index contributed by atoms with van der Waals surface area (Å²) in [6, 6.07) is 0. The summed E-state index contributed by atoms with van der Waals surface area (Å²) < 4.78 is 0. The first-order valence-corrected chi connectivity index (χ1v) is 2.72. The first kappa shape index (κ1) is 6.12. The average molecular weight is 128 g/mol. The minimum atomic E-state index is 0.168. The summed E-state index contributed by atoms with van der Waals surface area (Å²) in [6.45, 7) is 0. The lowest BCUT2D eigenvalue weighted by atomic mass is 10.5. The summed E-state index contributed by atoms with van der Waals surface area (Å²) in [5.41, 5.74) is 2.70. The largest absolute Gasteiger partial charge is 0.371 e. The van der Waals surface area contributed by atoms with Crippen molar-refractivity contribution < 1.29 is 10.4 Å². The number of quaternary nitrogens is 1. The Bertz CT molecular complexity index is 152. The van der Waals surface area contributed by atoms with Crippen molar-refractivity contribution in [2.24, 2.45) is 0 Å². The molecule has 1 heterocycles. The molecule has 0 aliphatic carbocycles. The normalized spacial score (nSPS) is 24.7. The molecule has 1 atom stereocenters. The van der Waals surface area contributed by atoms with Crippen molar-refractivity contribution in [2.75, 3.05) is 7.05 Å². The Morgan fingerprint density at radius 2 is 2.56 bits per heavy atom. The van der Waals surface area contributed by atoms with E-state index in [1.165, 1.54) is 0 Å². The molecule has 0 saturated carbocycles. The van der Waals surface area contributed by atoms with E-state index < -0.39 is 0 Å². The van der Waals surface area contributed by atoms with Crippen molar-refractivity contribution in [2.45, 2.75) is 0 Å². The second-order valence-electron chi connectivity index (χ2n) is 1.70. The number of hydrogen-bond acceptors (Lipinski definition) is 3. The van der Waals surface area contributed by atoms with E-state index in [1.54, 1.807) is 19.3 Å². The fraction of sp³-hybridized carbons (Fsp3) is 0.200. The van der Waals surface area contributed by atoms with Crippen molar-refractivity contribution in [1.29, 1.82) is 0 Å². The number of allylic oxidation sites excluding steroid dienone is 2. The van der Waals surface area contributed by atoms with E-state index in [1.807, 2.05) is 6.08 Å². The maximum Gasteiger partial charge on any atom is 0.152 e. The van der Waals surface area contributed by atoms with E-state index in [2.05, 4.69) is 10.7 Å². The lowest BCUT2D eigenvalue weighted by Gasteiger charge is -2.12. The zero-order valence-electron chi connectivity index (χ0n) is 5.18. The zero-order valence-corrected chi connectivity index (χ0v) is 5.18. The molecule has 4 nitrogen and oxygen atoms in total. The SMILES string of the molecule is CNC1=CC=C[NH+](O)N1. The van der Waals surface area contributed by atoms with E-state index in [-0.39, 0.29) is 5.17 Å². The molecule has 0 bridgehead atoms. The standard InChI is InChI=1S/C5H9N3O/c1-6-5-3-2-4-8(9)7-5/h2-4,6-7,9H,1H3/p+1. The van der Waals surface area contributed by atoms with Gasteiger partial charge in [0.05, 0.1) is 0 Å². The van der Waals surface area contributed by atoms with Crippen LogP contribution in [0.1, 0.15) is 0 Å². The molecule has 1 rings (SSSR count). The van der Waals surface area contributed by atoms with E-state index in [0.717, 1.165) is 5.82 Å². The summed E-state index contributed by atoms with van der Waals surface area (Å²) in [7, 11) is 1.78. The maximum atomic E-state index is 8.85. The fourth-order valence-corrected chi connectivity index (χ4v) is 0.603. The van der Waals surface area contributed by atoms with Crippen molar-refractivity contribution in [3.63, 3.8) is 0 Å². The van der Waals surface area contributed by atoms with Crippen LogP contribution in [0.25, 0.3) is 0 Å². The number of hydroxylamine groups is 1. The number of nitrogens with one attached hydrogen (secondary N) is 3. The average Bonchev–Trinajstić information content (AvgIpc) is 1.88. The van der Waals surface area contributed by atoms with Crippen molar-refractivity contribution >= 4 is 0 Å². The molecular weight excluding hydrogens is 118 g/mol. The Kier molecular flexibility index (Phi) is 1.72. The van der Waals surface area contributed by atoms with Gasteiger partial charge in [-0.3, -0.25) is 0 Å². The van der Waals surface area contributed by atoms with Crippen LogP contribution in [0.2, 0.25) is 0 Å². The molecule has 1 aliphatic heterocycles. The summed E-state index contributed by atoms with van der Waals surface area (Å²) in [4.78, 5) is 0. The minimum Gasteiger partial charge on any atom is -0.371 e. The van der Waals surface area contributed by atoms with E-state index in [0.29, 0.717) is 0 Å². The predicted molar refractivity (Wildman–Crippen MR) is 32.2 cm³/mol. The van der Waals surface area contributed by atoms with Crippen LogP contribution in [-0.4, -0.2) is 12.3 Å². The molecule has 4 N–H and O–H groups in total. The van der Waals surface area contributed by atoms with Crippen LogP contribution < -0.4 is 15.9 Å². The van der Waals surface area contributed by atoms with Crippen molar-refractivity contribution in [3.05, 3.63) is 24.2 Å². The summed E-state index contributed by atoms with van der Waals surface area (Å²) in [5.74, 6) is 0.801. The fourth-order valence-electron chi connectivity index (χ4n) is 0.603. The lowest BCUT2D eigenvalue weighted by molar-refractivity contribution is -1.08. The van der Waals surface area contributed by atoms with Gasteiger partial charge in [-0.25, -0.2) is 0 Å². The maximum absolute atomic E-state index is 8.85. The molecule has 4 heteroatoms. The molecule has 1 unspecified atom stereocenters. The number of hydrogen-bond donors (Lipinski definition) is 4. The molecule has 0 fully saturated rings. The van der Waals surface area contributed by atoms with Gasteiger partial charge < -0.3 is 5.32 Å². The van der Waals surface area contributed by atoms with Crippen molar-refractivity contribution in [3.8, 4) is 0 Å². The van der Waals surface area contributed by atoms with Gasteiger partial charge in [0.2, 0.25) is 0 Å². The second kappa shape index (κ2) is 2.52. The smallest absolute Gasteiger partial charge is 0.152 e. The van der Waals surface area contributed by atoms with E-state index in [4.69, 9.17) is 5.21 Å². The van der Waals surface area contributed by atoms with E-state index >= 15 is 0 Å². The van der Waals surface area contributed by atoms with Gasteiger partial charge in [0.25, 0.3) is 0 Å². The summed E-state index contributed by atoms with van der Waals surface area (Å²) in [5, 5.41) is 11.9. The van der Waals surface area contributed by atoms with Gasteiger partial charge >= 0.3 is 0 Å². The van der Waals surface area contributed by atoms with Gasteiger partial charge in [-0.15, -0.1) is 0 Å². The molecule has 0 saturated heterocycles. The van der Waals surface area contributed by atoms with Gasteiger partial charge in [0, 0.05) is 13.1 Å². The van der Waals surface area contributed by atoms with Crippen LogP contribution in [0, 0.1) is 0 Å². The minimum absolute atomic E-state index is 0.168. The third-order valence-electron chi connectivity index (χ3n) is 1.05. The molecule has 0 aromatic heterocycles. The van der Waals surface area contributed by atoms with Gasteiger partial charge in [-0.05, 0) is 6.08 Å². The Morgan fingerprint density at radius 3 is 3.00 bits per heavy atom. The number of rotatable bonds is 1. The molecular formula is C5H10N3O+. The summed E-state index contributed by atoms with van der Waals surface area (Å²) in [6.07, 6.45) is 5.18. The van der Waals surface area contributed by atoms with Crippen LogP contribution >= 0.6 is 0 Å². The highest BCUT2D eigenvalue weighted by molar-refractivity contribution is 5.07. The molecule has 0 aromatic carbocycles. The Labute approximate surface area is 53.4 Å². The predicted octanol–water partition coefficient (Wildman–Crippen LogP) is -1.65. The second-order valence-corrected chi connectivity index (χ2v) is 1.70. The first-order chi connectivity index (χ1) is 4.33. The lowest BCUT2D eigenvalue weighted by Crippen LogP contribution is -3.12. The van der Waals surface area contributed by atoms with Crippen molar-refractivity contribution in [1.82, 2.24) is 10.7 Å². The third-order valence-corrected chi connectivity index (χ3v) is 1.05. The first-order valence-electron chi connectivity index (χ1n) is 2.72. The van der Waals surface area contributed by atoms with Crippen LogP contribution in [0.4, 0.5) is 0 Å². The Morgan fingerprint density at radius 1 is 1.78 bits per heavy atom. The van der Waals surface area contributed by atoms with E-state index in [9.17, 15) is 0 Å². The molecule has 0 amide bonds. The molecule has 0 radical (unpaired) electrons. The molecule has 1 aliphatic rings. The topological polar surface area (TPSA) is 48.7 Å². The molecule has 0 aromatic rings. The van der Waals surface area contributed by atoms with Crippen LogP contribution in [0.15, 0.2) is 24.2 Å². The van der Waals surface area contributed by atoms with Crippen LogP contribution in [-0.2, 0) is 0 Å². The van der Waals surface area contributed by atoms with Crippen LogP contribution in [0.5, 0.6) is 0 Å². The highest BCUT2D eigenvalue weighted by atomic mass is 16.5. The van der Waals surface area contributed by atoms with Gasteiger partial charge in [0.1, 0.15) is 0 Å². The molecule has 50 valence electrons. The Hall–Kier alpha value is -1.00. The zero-order chi connectivity index (χ0) is 6.69. The molecule has 0 spiro atoms. The van der Waals surface area contributed by atoms with Gasteiger partial charge in [-0.1, -0.05) is 5.17 Å². The van der Waals surface area contributed by atoms with Crippen LogP contribution in [0.3, 0.4) is 0 Å². The van der Waals surface area contributed by atoms with Gasteiger partial charge in [-0.2, -0.15) is 10.6 Å². The highest BCUT2D eigenvalue weighted by Gasteiger charge is 2.03. The third kappa shape index (κ3) is 1.45. The quantitative estimate of drug-likeness (QED) is 0.342. The monoisotopic (exact) mass is 128 g/mol. The Balaban J connectivity index is 2.55. The summed E-state index contributed by atoms with van der Waals surface area (Å²) >= 11 is 0. The van der Waals surface area contributed by atoms with Gasteiger partial charge in [0.15, 0.2) is 12.0 Å². The molecule has 9 heavy (non-hydrogen) atoms. The highest BCUT2D eigenvalue weighted by Crippen LogP contribution is 1.81.